The fraction of sp³-hybridized carbons (Fsp3) is 0.455. The van der Waals surface area contributed by atoms with E-state index in [0.29, 0.717) is 17.4 Å². The van der Waals surface area contributed by atoms with Gasteiger partial charge in [0.2, 0.25) is 0 Å². The van der Waals surface area contributed by atoms with Gasteiger partial charge in [-0.1, -0.05) is 57.4 Å². The van der Waals surface area contributed by atoms with Crippen molar-refractivity contribution in [1.29, 1.82) is 0 Å². The molecule has 1 aliphatic carbocycles. The molecule has 0 saturated heterocycles. The molecule has 0 amide bonds. The molecular formula is C22H28O2. The second-order valence-corrected chi connectivity index (χ2v) is 7.42. The molecule has 0 heterocycles. The van der Waals surface area contributed by atoms with Gasteiger partial charge in [0.05, 0.1) is 0 Å². The van der Waals surface area contributed by atoms with Gasteiger partial charge in [0.25, 0.3) is 0 Å². The smallest absolute Gasteiger partial charge is 0.115 e. The fourth-order valence-electron chi connectivity index (χ4n) is 4.39. The van der Waals surface area contributed by atoms with Crippen LogP contribution < -0.4 is 0 Å². The predicted octanol–water partition coefficient (Wildman–Crippen LogP) is 5.62. The molecule has 2 heteroatoms. The first kappa shape index (κ1) is 16.9. The summed E-state index contributed by atoms with van der Waals surface area (Å²) in [7, 11) is 0. The molecule has 0 bridgehead atoms. The van der Waals surface area contributed by atoms with Crippen molar-refractivity contribution in [3.8, 4) is 11.5 Å². The summed E-state index contributed by atoms with van der Waals surface area (Å²) in [6, 6.07) is 15.5. The molecule has 2 N–H and O–H groups in total. The Bertz CT molecular complexity index is 612. The van der Waals surface area contributed by atoms with Crippen LogP contribution in [0.1, 0.15) is 57.1 Å². The SMILES string of the molecule is CCC(C)C1CCCC(c2ccc(O)cc2)(c2ccc(O)cc2)C1. The normalized spacial score (nSPS) is 21.3. The van der Waals surface area contributed by atoms with E-state index in [1.807, 2.05) is 0 Å². The minimum absolute atomic E-state index is 0.0201. The minimum Gasteiger partial charge on any atom is -0.508 e. The maximum Gasteiger partial charge on any atom is 0.115 e. The third kappa shape index (κ3) is 3.15. The third-order valence-corrected chi connectivity index (χ3v) is 6.08. The van der Waals surface area contributed by atoms with Crippen LogP contribution in [0.2, 0.25) is 0 Å². The highest BCUT2D eigenvalue weighted by molar-refractivity contribution is 5.43. The first-order chi connectivity index (χ1) is 11.5. The minimum atomic E-state index is -0.0201. The largest absolute Gasteiger partial charge is 0.508 e. The summed E-state index contributed by atoms with van der Waals surface area (Å²) in [5, 5.41) is 19.4. The fourth-order valence-corrected chi connectivity index (χ4v) is 4.39. The van der Waals surface area contributed by atoms with Gasteiger partial charge in [0, 0.05) is 5.41 Å². The van der Waals surface area contributed by atoms with Gasteiger partial charge in [0.15, 0.2) is 0 Å². The molecule has 2 aromatic carbocycles. The van der Waals surface area contributed by atoms with E-state index in [-0.39, 0.29) is 5.41 Å². The Morgan fingerprint density at radius 3 is 1.92 bits per heavy atom. The standard InChI is InChI=1S/C22H28O2/c1-3-16(2)17-5-4-14-22(15-17,18-6-10-20(23)11-7-18)19-8-12-21(24)13-9-19/h6-13,16-17,23-24H,3-5,14-15H2,1-2H3. The molecule has 1 fully saturated rings. The molecule has 3 rings (SSSR count). The van der Waals surface area contributed by atoms with E-state index in [9.17, 15) is 10.2 Å². The summed E-state index contributed by atoms with van der Waals surface area (Å²) in [4.78, 5) is 0. The van der Waals surface area contributed by atoms with Crippen molar-refractivity contribution in [1.82, 2.24) is 0 Å². The maximum atomic E-state index is 9.69. The van der Waals surface area contributed by atoms with Gasteiger partial charge in [-0.2, -0.15) is 0 Å². The van der Waals surface area contributed by atoms with E-state index >= 15 is 0 Å². The quantitative estimate of drug-likeness (QED) is 0.766. The van der Waals surface area contributed by atoms with Gasteiger partial charge in [-0.15, -0.1) is 0 Å². The number of hydrogen-bond acceptors (Lipinski definition) is 2. The number of hydrogen-bond donors (Lipinski definition) is 2. The molecule has 1 aliphatic rings. The first-order valence-corrected chi connectivity index (χ1v) is 9.14. The van der Waals surface area contributed by atoms with Crippen LogP contribution in [-0.4, -0.2) is 10.2 Å². The summed E-state index contributed by atoms with van der Waals surface area (Å²) in [6.45, 7) is 4.65. The monoisotopic (exact) mass is 324 g/mol. The van der Waals surface area contributed by atoms with Crippen LogP contribution >= 0.6 is 0 Å². The molecular weight excluding hydrogens is 296 g/mol. The van der Waals surface area contributed by atoms with Gasteiger partial charge in [-0.25, -0.2) is 0 Å². The summed E-state index contributed by atoms with van der Waals surface area (Å²) in [5.41, 5.74) is 2.53. The zero-order valence-corrected chi connectivity index (χ0v) is 14.7. The lowest BCUT2D eigenvalue weighted by atomic mass is 9.60. The van der Waals surface area contributed by atoms with Crippen LogP contribution in [-0.2, 0) is 5.41 Å². The van der Waals surface area contributed by atoms with E-state index in [1.54, 1.807) is 24.3 Å². The first-order valence-electron chi connectivity index (χ1n) is 9.14. The second kappa shape index (κ2) is 6.88. The van der Waals surface area contributed by atoms with Crippen molar-refractivity contribution in [2.75, 3.05) is 0 Å². The molecule has 0 aromatic heterocycles. The molecule has 2 unspecified atom stereocenters. The number of rotatable bonds is 4. The second-order valence-electron chi connectivity index (χ2n) is 7.42. The van der Waals surface area contributed by atoms with Crippen LogP contribution in [0.5, 0.6) is 11.5 Å². The van der Waals surface area contributed by atoms with Gasteiger partial charge >= 0.3 is 0 Å². The van der Waals surface area contributed by atoms with Gasteiger partial charge in [0.1, 0.15) is 11.5 Å². The van der Waals surface area contributed by atoms with E-state index < -0.39 is 0 Å². The lowest BCUT2D eigenvalue weighted by Crippen LogP contribution is -2.36. The summed E-state index contributed by atoms with van der Waals surface area (Å²) < 4.78 is 0. The topological polar surface area (TPSA) is 40.5 Å². The van der Waals surface area contributed by atoms with Crippen molar-refractivity contribution < 1.29 is 10.2 Å². The van der Waals surface area contributed by atoms with E-state index in [1.165, 1.54) is 30.4 Å². The average Bonchev–Trinajstić information content (AvgIpc) is 2.62. The average molecular weight is 324 g/mol. The molecule has 2 aromatic rings. The van der Waals surface area contributed by atoms with Gasteiger partial charge < -0.3 is 10.2 Å². The Balaban J connectivity index is 2.06. The Morgan fingerprint density at radius 2 is 1.46 bits per heavy atom. The van der Waals surface area contributed by atoms with Crippen LogP contribution in [0.25, 0.3) is 0 Å². The van der Waals surface area contributed by atoms with Crippen LogP contribution in [0.3, 0.4) is 0 Å². The summed E-state index contributed by atoms with van der Waals surface area (Å²) >= 11 is 0. The van der Waals surface area contributed by atoms with Gasteiger partial charge in [-0.05, 0) is 60.1 Å². The van der Waals surface area contributed by atoms with E-state index in [0.717, 1.165) is 18.8 Å². The molecule has 0 spiro atoms. The highest BCUT2D eigenvalue weighted by atomic mass is 16.3. The predicted molar refractivity (Wildman–Crippen MR) is 98.4 cm³/mol. The maximum absolute atomic E-state index is 9.69. The van der Waals surface area contributed by atoms with E-state index in [4.69, 9.17) is 0 Å². The number of phenols is 2. The Morgan fingerprint density at radius 1 is 0.958 bits per heavy atom. The number of aromatic hydroxyl groups is 2. The zero-order chi connectivity index (χ0) is 17.2. The number of benzene rings is 2. The van der Waals surface area contributed by atoms with Crippen LogP contribution in [0.15, 0.2) is 48.5 Å². The van der Waals surface area contributed by atoms with Crippen molar-refractivity contribution in [2.45, 2.75) is 51.4 Å². The highest BCUT2D eigenvalue weighted by Crippen LogP contribution is 2.49. The lowest BCUT2D eigenvalue weighted by molar-refractivity contribution is 0.194. The molecule has 24 heavy (non-hydrogen) atoms. The Labute approximate surface area is 145 Å². The van der Waals surface area contributed by atoms with Crippen LogP contribution in [0, 0.1) is 11.8 Å². The Kier molecular flexibility index (Phi) is 4.84. The van der Waals surface area contributed by atoms with Crippen LogP contribution in [0.4, 0.5) is 0 Å². The van der Waals surface area contributed by atoms with Crippen molar-refractivity contribution in [2.24, 2.45) is 11.8 Å². The third-order valence-electron chi connectivity index (χ3n) is 6.08. The Hall–Kier alpha value is -1.96. The highest BCUT2D eigenvalue weighted by Gasteiger charge is 2.40. The molecule has 0 radical (unpaired) electrons. The van der Waals surface area contributed by atoms with Crippen molar-refractivity contribution >= 4 is 0 Å². The number of phenolic OH excluding ortho intramolecular Hbond substituents is 2. The zero-order valence-electron chi connectivity index (χ0n) is 14.7. The lowest BCUT2D eigenvalue weighted by Gasteiger charge is -2.44. The molecule has 1 saturated carbocycles. The summed E-state index contributed by atoms with van der Waals surface area (Å²) in [5.74, 6) is 2.06. The van der Waals surface area contributed by atoms with E-state index in [2.05, 4.69) is 38.1 Å². The molecule has 0 aliphatic heterocycles. The molecule has 2 atom stereocenters. The summed E-state index contributed by atoms with van der Waals surface area (Å²) in [6.07, 6.45) is 5.99. The van der Waals surface area contributed by atoms with Crippen molar-refractivity contribution in [3.05, 3.63) is 59.7 Å². The van der Waals surface area contributed by atoms with Gasteiger partial charge in [-0.3, -0.25) is 0 Å². The molecule has 2 nitrogen and oxygen atoms in total. The molecule has 128 valence electrons. The van der Waals surface area contributed by atoms with Crippen molar-refractivity contribution in [3.63, 3.8) is 0 Å².